The maximum absolute atomic E-state index is 12.6. The number of halogens is 1. The largest absolute Gasteiger partial charge is 0.384 e. The van der Waals surface area contributed by atoms with E-state index < -0.39 is 0 Å². The van der Waals surface area contributed by atoms with E-state index in [4.69, 9.17) is 16.3 Å². The van der Waals surface area contributed by atoms with Gasteiger partial charge in [0, 0.05) is 42.8 Å². The van der Waals surface area contributed by atoms with E-state index in [0.717, 1.165) is 25.2 Å². The highest BCUT2D eigenvalue weighted by Crippen LogP contribution is 2.25. The third-order valence-corrected chi connectivity index (χ3v) is 3.98. The van der Waals surface area contributed by atoms with Gasteiger partial charge in [-0.25, -0.2) is 4.98 Å². The number of nitrogens with zero attached hydrogens (tertiary/aromatic N) is 2. The Balaban J connectivity index is 2.18. The summed E-state index contributed by atoms with van der Waals surface area (Å²) < 4.78 is 5.17. The number of methoxy groups -OCH3 is 1. The molecule has 1 aromatic rings. The summed E-state index contributed by atoms with van der Waals surface area (Å²) in [6, 6.07) is 3.51. The van der Waals surface area contributed by atoms with E-state index in [2.05, 4.69) is 25.8 Å². The van der Waals surface area contributed by atoms with Crippen LogP contribution in [0.5, 0.6) is 0 Å². The molecule has 1 unspecified atom stereocenters. The second-order valence-corrected chi connectivity index (χ2v) is 7.06. The van der Waals surface area contributed by atoms with Crippen LogP contribution in [-0.2, 0) is 10.2 Å². The maximum atomic E-state index is 12.6. The van der Waals surface area contributed by atoms with Gasteiger partial charge in [-0.05, 0) is 18.6 Å². The van der Waals surface area contributed by atoms with E-state index in [-0.39, 0.29) is 11.3 Å². The second kappa shape index (κ2) is 6.32. The first-order chi connectivity index (χ1) is 9.81. The minimum absolute atomic E-state index is 0.0309. The number of hydrogen-bond donors (Lipinski definition) is 0. The lowest BCUT2D eigenvalue weighted by Crippen LogP contribution is -2.29. The Morgan fingerprint density at radius 3 is 2.81 bits per heavy atom. The minimum Gasteiger partial charge on any atom is -0.384 e. The Kier molecular flexibility index (Phi) is 4.89. The van der Waals surface area contributed by atoms with Crippen molar-refractivity contribution in [1.29, 1.82) is 0 Å². The molecular formula is C16H23ClN2O2. The second-order valence-electron chi connectivity index (χ2n) is 6.67. The molecule has 1 aromatic heterocycles. The van der Waals surface area contributed by atoms with Crippen LogP contribution in [0.4, 0.5) is 0 Å². The van der Waals surface area contributed by atoms with Gasteiger partial charge in [-0.1, -0.05) is 32.4 Å². The Morgan fingerprint density at radius 2 is 2.19 bits per heavy atom. The molecule has 4 nitrogen and oxygen atoms in total. The van der Waals surface area contributed by atoms with Crippen LogP contribution in [-0.4, -0.2) is 42.6 Å². The summed E-state index contributed by atoms with van der Waals surface area (Å²) >= 11 is 6.08. The van der Waals surface area contributed by atoms with E-state index in [1.807, 2.05) is 11.0 Å². The monoisotopic (exact) mass is 310 g/mol. The van der Waals surface area contributed by atoms with Gasteiger partial charge >= 0.3 is 0 Å². The SMILES string of the molecule is COCC1CCN(C(=O)c2cc(Cl)nc(C(C)(C)C)c2)C1. The fourth-order valence-corrected chi connectivity index (χ4v) is 2.78. The Labute approximate surface area is 131 Å². The molecule has 1 fully saturated rings. The summed E-state index contributed by atoms with van der Waals surface area (Å²) in [5.74, 6) is 0.460. The zero-order chi connectivity index (χ0) is 15.6. The van der Waals surface area contributed by atoms with Crippen LogP contribution >= 0.6 is 11.6 Å². The van der Waals surface area contributed by atoms with Gasteiger partial charge in [0.25, 0.3) is 5.91 Å². The summed E-state index contributed by atoms with van der Waals surface area (Å²) in [5, 5.41) is 0.374. The smallest absolute Gasteiger partial charge is 0.254 e. The van der Waals surface area contributed by atoms with E-state index in [1.165, 1.54) is 0 Å². The first-order valence-electron chi connectivity index (χ1n) is 7.27. The van der Waals surface area contributed by atoms with Crippen LogP contribution in [0.3, 0.4) is 0 Å². The molecule has 0 aromatic carbocycles. The fraction of sp³-hybridized carbons (Fsp3) is 0.625. The number of likely N-dealkylation sites (tertiary alicyclic amines) is 1. The van der Waals surface area contributed by atoms with Crippen molar-refractivity contribution >= 4 is 17.5 Å². The average molecular weight is 311 g/mol. The van der Waals surface area contributed by atoms with E-state index in [1.54, 1.807) is 13.2 Å². The predicted molar refractivity (Wildman–Crippen MR) is 83.8 cm³/mol. The topological polar surface area (TPSA) is 42.4 Å². The van der Waals surface area contributed by atoms with Gasteiger partial charge in [0.05, 0.1) is 6.61 Å². The molecule has 1 aliphatic rings. The third kappa shape index (κ3) is 3.95. The molecule has 2 heterocycles. The zero-order valence-electron chi connectivity index (χ0n) is 13.1. The van der Waals surface area contributed by atoms with Gasteiger partial charge in [-0.2, -0.15) is 0 Å². The molecular weight excluding hydrogens is 288 g/mol. The number of amides is 1. The molecule has 116 valence electrons. The molecule has 0 N–H and O–H groups in total. The number of hydrogen-bond acceptors (Lipinski definition) is 3. The number of ether oxygens (including phenoxy) is 1. The maximum Gasteiger partial charge on any atom is 0.254 e. The molecule has 2 rings (SSSR count). The van der Waals surface area contributed by atoms with Gasteiger partial charge in [-0.3, -0.25) is 4.79 Å². The van der Waals surface area contributed by atoms with Gasteiger partial charge in [0.2, 0.25) is 0 Å². The van der Waals surface area contributed by atoms with Crippen LogP contribution in [0.15, 0.2) is 12.1 Å². The van der Waals surface area contributed by atoms with Crippen LogP contribution in [0, 0.1) is 5.92 Å². The van der Waals surface area contributed by atoms with Gasteiger partial charge in [0.1, 0.15) is 5.15 Å². The normalized spacial score (nSPS) is 19.1. The molecule has 0 saturated carbocycles. The Bertz CT molecular complexity index is 525. The van der Waals surface area contributed by atoms with Crippen molar-refractivity contribution in [2.75, 3.05) is 26.8 Å². The lowest BCUT2D eigenvalue weighted by atomic mass is 9.91. The number of pyridine rings is 1. The molecule has 0 radical (unpaired) electrons. The van der Waals surface area contributed by atoms with Crippen molar-refractivity contribution in [3.8, 4) is 0 Å². The number of rotatable bonds is 3. The van der Waals surface area contributed by atoms with E-state index in [0.29, 0.717) is 23.2 Å². The standard InChI is InChI=1S/C16H23ClN2O2/c1-16(2,3)13-7-12(8-14(17)18-13)15(20)19-6-5-11(9-19)10-21-4/h7-8,11H,5-6,9-10H2,1-4H3. The van der Waals surface area contributed by atoms with Crippen LogP contribution in [0.25, 0.3) is 0 Å². The lowest BCUT2D eigenvalue weighted by Gasteiger charge is -2.21. The molecule has 0 aliphatic carbocycles. The van der Waals surface area contributed by atoms with Gasteiger partial charge in [0.15, 0.2) is 0 Å². The molecule has 1 aliphatic heterocycles. The predicted octanol–water partition coefficient (Wildman–Crippen LogP) is 3.14. The van der Waals surface area contributed by atoms with Crippen molar-refractivity contribution in [3.05, 3.63) is 28.5 Å². The summed E-state index contributed by atoms with van der Waals surface area (Å²) in [4.78, 5) is 18.8. The van der Waals surface area contributed by atoms with Crippen molar-refractivity contribution in [2.45, 2.75) is 32.6 Å². The molecule has 21 heavy (non-hydrogen) atoms. The fourth-order valence-electron chi connectivity index (χ4n) is 2.58. The van der Waals surface area contributed by atoms with Crippen molar-refractivity contribution < 1.29 is 9.53 Å². The van der Waals surface area contributed by atoms with Crippen molar-refractivity contribution in [1.82, 2.24) is 9.88 Å². The van der Waals surface area contributed by atoms with Crippen LogP contribution < -0.4 is 0 Å². The number of aromatic nitrogens is 1. The number of carbonyl (C=O) groups excluding carboxylic acids is 1. The van der Waals surface area contributed by atoms with Crippen molar-refractivity contribution in [2.24, 2.45) is 5.92 Å². The summed E-state index contributed by atoms with van der Waals surface area (Å²) in [5.41, 5.74) is 1.33. The summed E-state index contributed by atoms with van der Waals surface area (Å²) in [6.45, 7) is 8.41. The van der Waals surface area contributed by atoms with Crippen LogP contribution in [0.2, 0.25) is 5.15 Å². The highest BCUT2D eigenvalue weighted by molar-refractivity contribution is 6.29. The van der Waals surface area contributed by atoms with Gasteiger partial charge < -0.3 is 9.64 Å². The quantitative estimate of drug-likeness (QED) is 0.806. The van der Waals surface area contributed by atoms with Gasteiger partial charge in [-0.15, -0.1) is 0 Å². The average Bonchev–Trinajstić information content (AvgIpc) is 2.85. The number of carbonyl (C=O) groups is 1. The van der Waals surface area contributed by atoms with Crippen molar-refractivity contribution in [3.63, 3.8) is 0 Å². The first kappa shape index (κ1) is 16.2. The Hall–Kier alpha value is -1.13. The molecule has 0 spiro atoms. The Morgan fingerprint density at radius 1 is 1.48 bits per heavy atom. The molecule has 1 saturated heterocycles. The lowest BCUT2D eigenvalue weighted by molar-refractivity contribution is 0.0775. The third-order valence-electron chi connectivity index (χ3n) is 3.78. The van der Waals surface area contributed by atoms with Crippen LogP contribution in [0.1, 0.15) is 43.2 Å². The molecule has 5 heteroatoms. The molecule has 0 bridgehead atoms. The molecule has 1 atom stereocenters. The first-order valence-corrected chi connectivity index (χ1v) is 7.65. The summed E-state index contributed by atoms with van der Waals surface area (Å²) in [6.07, 6.45) is 0.991. The summed E-state index contributed by atoms with van der Waals surface area (Å²) in [7, 11) is 1.70. The van der Waals surface area contributed by atoms with E-state index in [9.17, 15) is 4.79 Å². The minimum atomic E-state index is -0.135. The zero-order valence-corrected chi connectivity index (χ0v) is 13.9. The molecule has 1 amide bonds. The van der Waals surface area contributed by atoms with E-state index >= 15 is 0 Å². The highest BCUT2D eigenvalue weighted by Gasteiger charge is 2.28. The highest BCUT2D eigenvalue weighted by atomic mass is 35.5.